The minimum Gasteiger partial charge on any atom is -0.383 e. The van der Waals surface area contributed by atoms with Crippen molar-refractivity contribution in [2.75, 3.05) is 38.5 Å². The molecular weight excluding hydrogens is 370 g/mol. The Morgan fingerprint density at radius 2 is 1.71 bits per heavy atom. The highest BCUT2D eigenvalue weighted by Crippen LogP contribution is 2.19. The molecule has 2 heterocycles. The summed E-state index contributed by atoms with van der Waals surface area (Å²) in [5.74, 6) is 7.01. The van der Waals surface area contributed by atoms with Crippen molar-refractivity contribution in [1.82, 2.24) is 19.8 Å². The first-order valence-electron chi connectivity index (χ1n) is 9.36. The molecule has 0 bridgehead atoms. The number of anilines is 1. The maximum absolute atomic E-state index is 5.91. The summed E-state index contributed by atoms with van der Waals surface area (Å²) in [6.45, 7) is 5.84. The van der Waals surface area contributed by atoms with E-state index < -0.39 is 0 Å². The van der Waals surface area contributed by atoms with Gasteiger partial charge in [-0.2, -0.15) is 0 Å². The van der Waals surface area contributed by atoms with Crippen LogP contribution in [0, 0.1) is 11.8 Å². The van der Waals surface area contributed by atoms with E-state index in [0.29, 0.717) is 5.82 Å². The minimum absolute atomic E-state index is 0.532. The summed E-state index contributed by atoms with van der Waals surface area (Å²) < 4.78 is 0. The number of hydrogen-bond acceptors (Lipinski definition) is 5. The third kappa shape index (κ3) is 4.60. The zero-order chi connectivity index (χ0) is 19.3. The predicted molar refractivity (Wildman–Crippen MR) is 114 cm³/mol. The Bertz CT molecular complexity index is 1010. The Hall–Kier alpha value is -2.65. The fourth-order valence-electron chi connectivity index (χ4n) is 3.37. The molecule has 0 spiro atoms. The first kappa shape index (κ1) is 18.7. The molecule has 4 rings (SSSR count). The molecule has 1 aliphatic rings. The average molecular weight is 392 g/mol. The molecule has 1 saturated heterocycles. The number of fused-ring (bicyclic) bond motifs is 1. The summed E-state index contributed by atoms with van der Waals surface area (Å²) in [5, 5.41) is 1.65. The van der Waals surface area contributed by atoms with E-state index in [1.165, 1.54) is 11.9 Å². The van der Waals surface area contributed by atoms with Gasteiger partial charge in [0.1, 0.15) is 12.1 Å². The van der Waals surface area contributed by atoms with Crippen molar-refractivity contribution in [2.45, 2.75) is 6.54 Å². The highest BCUT2D eigenvalue weighted by Gasteiger charge is 2.16. The summed E-state index contributed by atoms with van der Waals surface area (Å²) in [5.41, 5.74) is 9.06. The zero-order valence-corrected chi connectivity index (χ0v) is 16.4. The van der Waals surface area contributed by atoms with Crippen molar-refractivity contribution in [2.24, 2.45) is 0 Å². The molecule has 1 fully saturated rings. The number of nitrogens with two attached hydrogens (primary N) is 1. The van der Waals surface area contributed by atoms with Crippen LogP contribution in [-0.2, 0) is 6.54 Å². The Kier molecular flexibility index (Phi) is 5.73. The van der Waals surface area contributed by atoms with E-state index in [1.807, 2.05) is 30.3 Å². The lowest BCUT2D eigenvalue weighted by Crippen LogP contribution is -2.45. The largest absolute Gasteiger partial charge is 0.383 e. The van der Waals surface area contributed by atoms with Crippen molar-refractivity contribution >= 4 is 28.3 Å². The molecule has 0 atom stereocenters. The van der Waals surface area contributed by atoms with Crippen LogP contribution in [0.5, 0.6) is 0 Å². The van der Waals surface area contributed by atoms with Crippen molar-refractivity contribution in [1.29, 1.82) is 0 Å². The van der Waals surface area contributed by atoms with Gasteiger partial charge in [-0.25, -0.2) is 9.97 Å². The van der Waals surface area contributed by atoms with Gasteiger partial charge in [-0.05, 0) is 42.0 Å². The summed E-state index contributed by atoms with van der Waals surface area (Å²) in [6.07, 6.45) is 1.52. The molecule has 6 heteroatoms. The molecule has 5 nitrogen and oxygen atoms in total. The second kappa shape index (κ2) is 8.57. The molecule has 1 aliphatic heterocycles. The van der Waals surface area contributed by atoms with Gasteiger partial charge in [-0.1, -0.05) is 29.5 Å². The maximum Gasteiger partial charge on any atom is 0.134 e. The van der Waals surface area contributed by atoms with Crippen LogP contribution in [0.15, 0.2) is 48.8 Å². The lowest BCUT2D eigenvalue weighted by atomic mass is 10.1. The smallest absolute Gasteiger partial charge is 0.134 e. The maximum atomic E-state index is 5.91. The fraction of sp³-hybridized carbons (Fsp3) is 0.273. The van der Waals surface area contributed by atoms with Crippen molar-refractivity contribution in [3.63, 3.8) is 0 Å². The summed E-state index contributed by atoms with van der Waals surface area (Å²) in [6, 6.07) is 13.9. The van der Waals surface area contributed by atoms with Crippen LogP contribution in [0.2, 0.25) is 5.02 Å². The van der Waals surface area contributed by atoms with Crippen LogP contribution in [0.4, 0.5) is 5.82 Å². The van der Waals surface area contributed by atoms with Crippen LogP contribution < -0.4 is 5.73 Å². The molecule has 1 aromatic heterocycles. The fourth-order valence-corrected chi connectivity index (χ4v) is 3.50. The topological polar surface area (TPSA) is 58.3 Å². The molecule has 3 aromatic rings. The van der Waals surface area contributed by atoms with Gasteiger partial charge in [0.05, 0.1) is 12.1 Å². The van der Waals surface area contributed by atoms with Crippen molar-refractivity contribution in [3.05, 3.63) is 64.9 Å². The van der Waals surface area contributed by atoms with Crippen molar-refractivity contribution < 1.29 is 0 Å². The summed E-state index contributed by atoms with van der Waals surface area (Å²) in [7, 11) is 0. The zero-order valence-electron chi connectivity index (χ0n) is 15.6. The molecule has 0 aliphatic carbocycles. The number of piperazine rings is 1. The number of nitrogen functional groups attached to an aromatic ring is 1. The van der Waals surface area contributed by atoms with Gasteiger partial charge in [-0.15, -0.1) is 0 Å². The van der Waals surface area contributed by atoms with Crippen LogP contribution in [0.1, 0.15) is 11.1 Å². The molecule has 0 amide bonds. The van der Waals surface area contributed by atoms with E-state index in [9.17, 15) is 0 Å². The van der Waals surface area contributed by atoms with E-state index in [4.69, 9.17) is 17.3 Å². The third-order valence-electron chi connectivity index (χ3n) is 4.98. The molecule has 28 heavy (non-hydrogen) atoms. The SMILES string of the molecule is Nc1ncnc2cc(CN3CCN(CC#Cc4ccc(Cl)cc4)CC3)ccc12. The Balaban J connectivity index is 1.29. The Morgan fingerprint density at radius 1 is 0.964 bits per heavy atom. The van der Waals surface area contributed by atoms with Crippen LogP contribution in [0.25, 0.3) is 10.9 Å². The van der Waals surface area contributed by atoms with E-state index in [1.54, 1.807) is 0 Å². The molecular formula is C22H22ClN5. The van der Waals surface area contributed by atoms with Crippen LogP contribution in [0.3, 0.4) is 0 Å². The quantitative estimate of drug-likeness (QED) is 0.695. The van der Waals surface area contributed by atoms with E-state index in [2.05, 4.69) is 43.7 Å². The monoisotopic (exact) mass is 391 g/mol. The molecule has 142 valence electrons. The number of benzene rings is 2. The molecule has 0 radical (unpaired) electrons. The average Bonchev–Trinajstić information content (AvgIpc) is 2.71. The molecule has 0 unspecified atom stereocenters. The van der Waals surface area contributed by atoms with Gasteiger partial charge in [0.2, 0.25) is 0 Å². The summed E-state index contributed by atoms with van der Waals surface area (Å²) >= 11 is 5.90. The standard InChI is InChI=1S/C22H22ClN5/c23-19-6-3-17(4-7-19)2-1-9-27-10-12-28(13-11-27)15-18-5-8-20-21(14-18)25-16-26-22(20)24/h3-8,14,16H,9-13,15H2,(H2,24,25,26). The minimum atomic E-state index is 0.532. The van der Waals surface area contributed by atoms with Gasteiger partial charge < -0.3 is 5.73 Å². The lowest BCUT2D eigenvalue weighted by molar-refractivity contribution is 0.138. The lowest BCUT2D eigenvalue weighted by Gasteiger charge is -2.33. The van der Waals surface area contributed by atoms with Crippen LogP contribution >= 0.6 is 11.6 Å². The predicted octanol–water partition coefficient (Wildman–Crippen LogP) is 3.03. The highest BCUT2D eigenvalue weighted by molar-refractivity contribution is 6.30. The molecule has 2 aromatic carbocycles. The molecule has 2 N–H and O–H groups in total. The second-order valence-corrected chi connectivity index (χ2v) is 7.41. The van der Waals surface area contributed by atoms with E-state index in [-0.39, 0.29) is 0 Å². The van der Waals surface area contributed by atoms with Gasteiger partial charge in [0.15, 0.2) is 0 Å². The van der Waals surface area contributed by atoms with Crippen LogP contribution in [-0.4, -0.2) is 52.5 Å². The van der Waals surface area contributed by atoms with Gasteiger partial charge in [0, 0.05) is 48.7 Å². The Morgan fingerprint density at radius 3 is 2.50 bits per heavy atom. The molecule has 0 saturated carbocycles. The summed E-state index contributed by atoms with van der Waals surface area (Å²) in [4.78, 5) is 13.2. The van der Waals surface area contributed by atoms with Crippen molar-refractivity contribution in [3.8, 4) is 11.8 Å². The normalized spacial score (nSPS) is 15.3. The first-order valence-corrected chi connectivity index (χ1v) is 9.73. The highest BCUT2D eigenvalue weighted by atomic mass is 35.5. The first-order chi connectivity index (χ1) is 13.7. The number of aromatic nitrogens is 2. The second-order valence-electron chi connectivity index (χ2n) is 6.97. The number of rotatable bonds is 3. The van der Waals surface area contributed by atoms with Gasteiger partial charge in [0.25, 0.3) is 0 Å². The Labute approximate surface area is 170 Å². The number of hydrogen-bond donors (Lipinski definition) is 1. The van der Waals surface area contributed by atoms with Gasteiger partial charge in [-0.3, -0.25) is 9.80 Å². The third-order valence-corrected chi connectivity index (χ3v) is 5.23. The van der Waals surface area contributed by atoms with E-state index >= 15 is 0 Å². The van der Waals surface area contributed by atoms with E-state index in [0.717, 1.165) is 60.8 Å². The number of halogens is 1. The van der Waals surface area contributed by atoms with Gasteiger partial charge >= 0.3 is 0 Å². The number of nitrogens with zero attached hydrogens (tertiary/aromatic N) is 4.